The molecule has 9 nitrogen and oxygen atoms in total. The van der Waals surface area contributed by atoms with Crippen LogP contribution in [0.15, 0.2) is 83.8 Å². The van der Waals surface area contributed by atoms with Crippen molar-refractivity contribution in [3.8, 4) is 5.75 Å². The standard InChI is InChI=1S/C28H30N4O5S2/c1-2-18-37-23-12-10-21(11-13-23)30-26(33)19-25-27(34)32(22-6-4-3-5-7-22)28(38)31(25)17-16-20-8-14-24(15-9-20)39(29,35)36/h3-15,25H,2,16-19H2,1H3,(H,30,33)(H2,29,35,36). The maximum Gasteiger partial charge on any atom is 0.256 e. The van der Waals surface area contributed by atoms with Gasteiger partial charge in [-0.2, -0.15) is 0 Å². The van der Waals surface area contributed by atoms with Crippen molar-refractivity contribution in [3.63, 3.8) is 0 Å². The SMILES string of the molecule is CCCOc1ccc(NC(=O)CC2C(=O)N(c3ccccc3)C(=S)N2CCc2ccc(S(N)(=O)=O)cc2)cc1. The van der Waals surface area contributed by atoms with E-state index in [9.17, 15) is 18.0 Å². The fourth-order valence-electron chi connectivity index (χ4n) is 4.24. The molecule has 1 aliphatic heterocycles. The molecule has 3 aromatic carbocycles. The Kier molecular flexibility index (Phi) is 8.95. The number of benzene rings is 3. The predicted octanol–water partition coefficient (Wildman–Crippen LogP) is 3.70. The Morgan fingerprint density at radius 3 is 2.31 bits per heavy atom. The molecule has 3 N–H and O–H groups in total. The molecule has 1 atom stereocenters. The topological polar surface area (TPSA) is 122 Å². The highest BCUT2D eigenvalue weighted by Crippen LogP contribution is 2.28. The molecule has 0 radical (unpaired) electrons. The number of nitrogens with two attached hydrogens (primary N) is 1. The molecule has 0 spiro atoms. The van der Waals surface area contributed by atoms with Gasteiger partial charge >= 0.3 is 0 Å². The van der Waals surface area contributed by atoms with E-state index in [1.54, 1.807) is 53.4 Å². The predicted molar refractivity (Wildman–Crippen MR) is 154 cm³/mol. The number of amides is 2. The summed E-state index contributed by atoms with van der Waals surface area (Å²) in [6.07, 6.45) is 1.27. The van der Waals surface area contributed by atoms with Crippen LogP contribution < -0.4 is 20.1 Å². The van der Waals surface area contributed by atoms with E-state index in [0.717, 1.165) is 12.0 Å². The van der Waals surface area contributed by atoms with Crippen LogP contribution in [0.4, 0.5) is 11.4 Å². The molecule has 0 aromatic heterocycles. The number of primary sulfonamides is 1. The maximum atomic E-state index is 13.5. The number of rotatable bonds is 11. The van der Waals surface area contributed by atoms with Crippen LogP contribution in [0.5, 0.6) is 5.75 Å². The zero-order chi connectivity index (χ0) is 28.0. The summed E-state index contributed by atoms with van der Waals surface area (Å²) in [7, 11) is -3.79. The summed E-state index contributed by atoms with van der Waals surface area (Å²) in [6, 6.07) is 21.6. The number of thiocarbonyl (C=S) groups is 1. The lowest BCUT2D eigenvalue weighted by Crippen LogP contribution is -2.39. The van der Waals surface area contributed by atoms with Crippen LogP contribution in [0, 0.1) is 0 Å². The van der Waals surface area contributed by atoms with Crippen LogP contribution in [0.3, 0.4) is 0 Å². The number of hydrogen-bond acceptors (Lipinski definition) is 6. The Hall–Kier alpha value is -3.80. The highest BCUT2D eigenvalue weighted by atomic mass is 32.2. The third kappa shape index (κ3) is 6.99. The van der Waals surface area contributed by atoms with Gasteiger partial charge in [-0.3, -0.25) is 14.5 Å². The first-order valence-corrected chi connectivity index (χ1v) is 14.5. The molecule has 39 heavy (non-hydrogen) atoms. The van der Waals surface area contributed by atoms with E-state index in [4.69, 9.17) is 22.1 Å². The molecule has 4 rings (SSSR count). The van der Waals surface area contributed by atoms with E-state index in [0.29, 0.717) is 41.8 Å². The van der Waals surface area contributed by atoms with Gasteiger partial charge in [0.25, 0.3) is 5.91 Å². The van der Waals surface area contributed by atoms with Crippen molar-refractivity contribution in [1.29, 1.82) is 0 Å². The van der Waals surface area contributed by atoms with E-state index >= 15 is 0 Å². The summed E-state index contributed by atoms with van der Waals surface area (Å²) in [5.41, 5.74) is 2.06. The van der Waals surface area contributed by atoms with Gasteiger partial charge in [0.05, 0.1) is 23.6 Å². The van der Waals surface area contributed by atoms with Crippen molar-refractivity contribution in [2.75, 3.05) is 23.4 Å². The molecule has 2 amide bonds. The smallest absolute Gasteiger partial charge is 0.256 e. The highest BCUT2D eigenvalue weighted by Gasteiger charge is 2.43. The van der Waals surface area contributed by atoms with Crippen molar-refractivity contribution in [2.24, 2.45) is 5.14 Å². The molecule has 1 aliphatic rings. The molecular weight excluding hydrogens is 536 g/mol. The molecule has 1 unspecified atom stereocenters. The van der Waals surface area contributed by atoms with E-state index in [1.807, 2.05) is 25.1 Å². The van der Waals surface area contributed by atoms with Gasteiger partial charge in [0.1, 0.15) is 11.8 Å². The second-order valence-corrected chi connectivity index (χ2v) is 11.0. The van der Waals surface area contributed by atoms with E-state index in [2.05, 4.69) is 5.32 Å². The summed E-state index contributed by atoms with van der Waals surface area (Å²) in [5, 5.41) is 8.35. The van der Waals surface area contributed by atoms with Crippen LogP contribution in [0.2, 0.25) is 0 Å². The molecule has 0 saturated carbocycles. The van der Waals surface area contributed by atoms with Crippen molar-refractivity contribution in [3.05, 3.63) is 84.4 Å². The second-order valence-electron chi connectivity index (χ2n) is 9.07. The molecule has 11 heteroatoms. The van der Waals surface area contributed by atoms with Crippen molar-refractivity contribution in [1.82, 2.24) is 4.90 Å². The Morgan fingerprint density at radius 1 is 1.03 bits per heavy atom. The lowest BCUT2D eigenvalue weighted by molar-refractivity contribution is -0.124. The van der Waals surface area contributed by atoms with Crippen LogP contribution >= 0.6 is 12.2 Å². The highest BCUT2D eigenvalue weighted by molar-refractivity contribution is 7.89. The number of carbonyl (C=O) groups excluding carboxylic acids is 2. The van der Waals surface area contributed by atoms with Gasteiger partial charge in [0.2, 0.25) is 15.9 Å². The van der Waals surface area contributed by atoms with E-state index in [1.165, 1.54) is 17.0 Å². The number of sulfonamides is 1. The second kappa shape index (κ2) is 12.4. The van der Waals surface area contributed by atoms with Gasteiger partial charge in [-0.15, -0.1) is 0 Å². The van der Waals surface area contributed by atoms with Gasteiger partial charge < -0.3 is 15.0 Å². The third-order valence-corrected chi connectivity index (χ3v) is 7.56. The first-order chi connectivity index (χ1) is 18.7. The summed E-state index contributed by atoms with van der Waals surface area (Å²) >= 11 is 5.70. The number of ether oxygens (including phenoxy) is 1. The van der Waals surface area contributed by atoms with Crippen LogP contribution in [-0.4, -0.2) is 49.4 Å². The average molecular weight is 567 g/mol. The lowest BCUT2D eigenvalue weighted by Gasteiger charge is -2.24. The molecule has 1 fully saturated rings. The van der Waals surface area contributed by atoms with Crippen molar-refractivity contribution >= 4 is 50.5 Å². The normalized spacial score (nSPS) is 15.5. The minimum atomic E-state index is -3.79. The minimum Gasteiger partial charge on any atom is -0.494 e. The van der Waals surface area contributed by atoms with Gasteiger partial charge in [0.15, 0.2) is 5.11 Å². The van der Waals surface area contributed by atoms with Crippen molar-refractivity contribution in [2.45, 2.75) is 37.1 Å². The molecule has 0 bridgehead atoms. The van der Waals surface area contributed by atoms with Gasteiger partial charge in [-0.1, -0.05) is 37.3 Å². The molecule has 204 valence electrons. The molecule has 0 aliphatic carbocycles. The summed E-state index contributed by atoms with van der Waals surface area (Å²) in [4.78, 5) is 29.8. The number of nitrogens with zero attached hydrogens (tertiary/aromatic N) is 2. The molecule has 1 heterocycles. The van der Waals surface area contributed by atoms with Crippen LogP contribution in [-0.2, 0) is 26.0 Å². The number of hydrogen-bond donors (Lipinski definition) is 2. The number of para-hydroxylation sites is 1. The molecular formula is C28H30N4O5S2. The fraction of sp³-hybridized carbons (Fsp3) is 0.250. The van der Waals surface area contributed by atoms with E-state index < -0.39 is 16.1 Å². The number of anilines is 2. The largest absolute Gasteiger partial charge is 0.494 e. The van der Waals surface area contributed by atoms with Gasteiger partial charge in [0, 0.05) is 12.2 Å². The summed E-state index contributed by atoms with van der Waals surface area (Å²) in [6.45, 7) is 2.99. The lowest BCUT2D eigenvalue weighted by atomic mass is 10.1. The first-order valence-electron chi connectivity index (χ1n) is 12.5. The molecule has 1 saturated heterocycles. The Balaban J connectivity index is 1.49. The minimum absolute atomic E-state index is 0.0212. The molecule has 3 aromatic rings. The van der Waals surface area contributed by atoms with E-state index in [-0.39, 0.29) is 23.1 Å². The first kappa shape index (κ1) is 28.2. The van der Waals surface area contributed by atoms with Crippen LogP contribution in [0.25, 0.3) is 0 Å². The maximum absolute atomic E-state index is 13.5. The van der Waals surface area contributed by atoms with Crippen molar-refractivity contribution < 1.29 is 22.7 Å². The zero-order valence-electron chi connectivity index (χ0n) is 21.4. The summed E-state index contributed by atoms with van der Waals surface area (Å²) < 4.78 is 28.7. The fourth-order valence-corrected chi connectivity index (χ4v) is 5.17. The van der Waals surface area contributed by atoms with Gasteiger partial charge in [-0.05, 0) is 79.2 Å². The quantitative estimate of drug-likeness (QED) is 0.340. The Morgan fingerprint density at radius 2 is 1.69 bits per heavy atom. The monoisotopic (exact) mass is 566 g/mol. The Labute approximate surface area is 233 Å². The average Bonchev–Trinajstić information content (AvgIpc) is 3.15. The Bertz CT molecular complexity index is 1430. The third-order valence-electron chi connectivity index (χ3n) is 6.22. The van der Waals surface area contributed by atoms with Gasteiger partial charge in [-0.25, -0.2) is 13.6 Å². The number of nitrogens with one attached hydrogen (secondary N) is 1. The zero-order valence-corrected chi connectivity index (χ0v) is 23.1. The summed E-state index contributed by atoms with van der Waals surface area (Å²) in [5.74, 6) is 0.109. The van der Waals surface area contributed by atoms with Crippen LogP contribution in [0.1, 0.15) is 25.3 Å². The number of carbonyl (C=O) groups is 2.